The normalized spacial score (nSPS) is 25.5. The molecule has 1 N–H and O–H groups in total. The van der Waals surface area contributed by atoms with E-state index in [2.05, 4.69) is 4.90 Å². The summed E-state index contributed by atoms with van der Waals surface area (Å²) in [5.41, 5.74) is 1.04. The molecule has 0 saturated heterocycles. The molecule has 0 unspecified atom stereocenters. The maximum absolute atomic E-state index is 10.6. The lowest BCUT2D eigenvalue weighted by Gasteiger charge is -2.28. The van der Waals surface area contributed by atoms with Crippen LogP contribution < -0.4 is 4.90 Å². The van der Waals surface area contributed by atoms with Crippen molar-refractivity contribution in [1.29, 1.82) is 0 Å². The molecule has 15 heavy (non-hydrogen) atoms. The number of aldehydes is 1. The monoisotopic (exact) mass is 225 g/mol. The molecule has 1 aliphatic rings. The van der Waals surface area contributed by atoms with Gasteiger partial charge in [0.25, 0.3) is 0 Å². The molecule has 1 aromatic heterocycles. The van der Waals surface area contributed by atoms with Gasteiger partial charge in [0.1, 0.15) is 0 Å². The summed E-state index contributed by atoms with van der Waals surface area (Å²) < 4.78 is 0. The Morgan fingerprint density at radius 1 is 1.60 bits per heavy atom. The number of carbonyl (C=O) groups is 1. The number of likely N-dealkylation sites (N-methyl/N-ethyl adjacent to an activating group) is 1. The molecule has 1 saturated carbocycles. The van der Waals surface area contributed by atoms with Gasteiger partial charge in [0.15, 0.2) is 6.29 Å². The van der Waals surface area contributed by atoms with Gasteiger partial charge in [0.05, 0.1) is 17.0 Å². The topological polar surface area (TPSA) is 40.5 Å². The van der Waals surface area contributed by atoms with Crippen molar-refractivity contribution < 1.29 is 9.90 Å². The van der Waals surface area contributed by atoms with Gasteiger partial charge in [0, 0.05) is 18.1 Å². The second-order valence-corrected chi connectivity index (χ2v) is 4.94. The fourth-order valence-corrected chi connectivity index (χ4v) is 2.89. The summed E-state index contributed by atoms with van der Waals surface area (Å²) in [6.07, 6.45) is 3.65. The number of carbonyl (C=O) groups excluding carboxylic acids is 1. The molecule has 1 aliphatic carbocycles. The van der Waals surface area contributed by atoms with Gasteiger partial charge in [-0.05, 0) is 25.3 Å². The molecular weight excluding hydrogens is 210 g/mol. The van der Waals surface area contributed by atoms with Crippen LogP contribution in [0.5, 0.6) is 0 Å². The summed E-state index contributed by atoms with van der Waals surface area (Å²) in [6.45, 7) is 0. The van der Waals surface area contributed by atoms with Gasteiger partial charge in [0.2, 0.25) is 0 Å². The predicted molar refractivity (Wildman–Crippen MR) is 61.8 cm³/mol. The van der Waals surface area contributed by atoms with Crippen LogP contribution in [0.2, 0.25) is 0 Å². The Hall–Kier alpha value is -0.870. The average molecular weight is 225 g/mol. The van der Waals surface area contributed by atoms with Crippen molar-refractivity contribution in [3.8, 4) is 0 Å². The molecule has 2 rings (SSSR count). The lowest BCUT2D eigenvalue weighted by Crippen LogP contribution is -2.37. The van der Waals surface area contributed by atoms with Crippen LogP contribution in [0.15, 0.2) is 11.4 Å². The van der Waals surface area contributed by atoms with E-state index in [0.717, 1.165) is 36.1 Å². The van der Waals surface area contributed by atoms with E-state index in [0.29, 0.717) is 0 Å². The summed E-state index contributed by atoms with van der Waals surface area (Å²) in [5, 5.41) is 11.7. The van der Waals surface area contributed by atoms with Gasteiger partial charge in [-0.3, -0.25) is 4.79 Å². The molecule has 82 valence electrons. The fourth-order valence-electron chi connectivity index (χ4n) is 2.15. The Labute approximate surface area is 93.3 Å². The van der Waals surface area contributed by atoms with Crippen molar-refractivity contribution >= 4 is 23.3 Å². The second-order valence-electron chi connectivity index (χ2n) is 4.00. The molecule has 1 fully saturated rings. The molecule has 1 aromatic rings. The Balaban J connectivity index is 2.12. The van der Waals surface area contributed by atoms with E-state index in [9.17, 15) is 9.90 Å². The number of hydrogen-bond acceptors (Lipinski definition) is 4. The standard InChI is InChI=1S/C11H15NO2S/c1-12(10-3-2-4-11(10)14)8-5-9(6-13)15-7-8/h5-7,10-11,14H,2-4H2,1H3/t10-,11-/m1/s1. The van der Waals surface area contributed by atoms with Crippen LogP contribution in [0.4, 0.5) is 5.69 Å². The molecule has 0 aromatic carbocycles. The highest BCUT2D eigenvalue weighted by molar-refractivity contribution is 7.12. The summed E-state index contributed by atoms with van der Waals surface area (Å²) >= 11 is 1.45. The Bertz CT molecular complexity index is 350. The van der Waals surface area contributed by atoms with E-state index in [1.807, 2.05) is 18.5 Å². The van der Waals surface area contributed by atoms with Gasteiger partial charge < -0.3 is 10.0 Å². The van der Waals surface area contributed by atoms with Crippen molar-refractivity contribution in [3.05, 3.63) is 16.3 Å². The number of rotatable bonds is 3. The third kappa shape index (κ3) is 2.06. The van der Waals surface area contributed by atoms with Gasteiger partial charge >= 0.3 is 0 Å². The third-order valence-corrected chi connectivity index (χ3v) is 3.92. The van der Waals surface area contributed by atoms with E-state index >= 15 is 0 Å². The van der Waals surface area contributed by atoms with Crippen molar-refractivity contribution in [2.45, 2.75) is 31.4 Å². The number of nitrogens with zero attached hydrogens (tertiary/aromatic N) is 1. The third-order valence-electron chi connectivity index (χ3n) is 3.07. The molecule has 0 amide bonds. The molecule has 3 nitrogen and oxygen atoms in total. The highest BCUT2D eigenvalue weighted by Crippen LogP contribution is 2.29. The largest absolute Gasteiger partial charge is 0.391 e. The lowest BCUT2D eigenvalue weighted by molar-refractivity contribution is 0.112. The number of thiophene rings is 1. The summed E-state index contributed by atoms with van der Waals surface area (Å²) in [6, 6.07) is 2.09. The van der Waals surface area contributed by atoms with Crippen LogP contribution in [0.1, 0.15) is 28.9 Å². The first-order valence-corrected chi connectivity index (χ1v) is 6.05. The van der Waals surface area contributed by atoms with Crippen LogP contribution >= 0.6 is 11.3 Å². The SMILES string of the molecule is CN(c1csc(C=O)c1)[C@@H]1CCC[C@H]1O. The van der Waals surface area contributed by atoms with E-state index < -0.39 is 0 Å². The molecule has 4 heteroatoms. The maximum Gasteiger partial charge on any atom is 0.160 e. The quantitative estimate of drug-likeness (QED) is 0.799. The van der Waals surface area contributed by atoms with Crippen LogP contribution in [-0.4, -0.2) is 30.6 Å². The van der Waals surface area contributed by atoms with E-state index in [1.165, 1.54) is 11.3 Å². The molecule has 1 heterocycles. The number of aliphatic hydroxyl groups excluding tert-OH is 1. The molecular formula is C11H15NO2S. The zero-order chi connectivity index (χ0) is 10.8. The van der Waals surface area contributed by atoms with Gasteiger partial charge in [-0.15, -0.1) is 11.3 Å². The van der Waals surface area contributed by atoms with Gasteiger partial charge in [-0.2, -0.15) is 0 Å². The van der Waals surface area contributed by atoms with Crippen molar-refractivity contribution in [3.63, 3.8) is 0 Å². The van der Waals surface area contributed by atoms with Crippen molar-refractivity contribution in [1.82, 2.24) is 0 Å². The van der Waals surface area contributed by atoms with E-state index in [1.54, 1.807) is 0 Å². The molecule has 0 bridgehead atoms. The van der Waals surface area contributed by atoms with Crippen molar-refractivity contribution in [2.24, 2.45) is 0 Å². The first-order valence-electron chi connectivity index (χ1n) is 5.17. The smallest absolute Gasteiger partial charge is 0.160 e. The summed E-state index contributed by atoms with van der Waals surface area (Å²) in [4.78, 5) is 13.4. The minimum absolute atomic E-state index is 0.208. The Morgan fingerprint density at radius 2 is 2.40 bits per heavy atom. The zero-order valence-electron chi connectivity index (χ0n) is 8.72. The predicted octanol–water partition coefficient (Wildman–Crippen LogP) is 1.91. The lowest BCUT2D eigenvalue weighted by atomic mass is 10.2. The minimum atomic E-state index is -0.227. The first-order chi connectivity index (χ1) is 7.22. The number of hydrogen-bond donors (Lipinski definition) is 1. The molecule has 0 spiro atoms. The van der Waals surface area contributed by atoms with Gasteiger partial charge in [-0.1, -0.05) is 0 Å². The first kappa shape index (κ1) is 10.6. The Kier molecular flexibility index (Phi) is 3.07. The van der Waals surface area contributed by atoms with E-state index in [4.69, 9.17) is 0 Å². The van der Waals surface area contributed by atoms with E-state index in [-0.39, 0.29) is 12.1 Å². The highest BCUT2D eigenvalue weighted by Gasteiger charge is 2.29. The minimum Gasteiger partial charge on any atom is -0.391 e. The van der Waals surface area contributed by atoms with Crippen molar-refractivity contribution in [2.75, 3.05) is 11.9 Å². The fraction of sp³-hybridized carbons (Fsp3) is 0.545. The van der Waals surface area contributed by atoms with Crippen LogP contribution in [0.3, 0.4) is 0 Å². The molecule has 0 aliphatic heterocycles. The van der Waals surface area contributed by atoms with Gasteiger partial charge in [-0.25, -0.2) is 0 Å². The average Bonchev–Trinajstić information content (AvgIpc) is 2.84. The summed E-state index contributed by atoms with van der Waals surface area (Å²) in [7, 11) is 1.98. The number of aliphatic hydroxyl groups is 1. The maximum atomic E-state index is 10.6. The number of anilines is 1. The van der Waals surface area contributed by atoms with Crippen LogP contribution in [0.25, 0.3) is 0 Å². The highest BCUT2D eigenvalue weighted by atomic mass is 32.1. The molecule has 2 atom stereocenters. The van der Waals surface area contributed by atoms with Crippen LogP contribution in [-0.2, 0) is 0 Å². The Morgan fingerprint density at radius 3 is 2.93 bits per heavy atom. The second kappa shape index (κ2) is 4.33. The summed E-state index contributed by atoms with van der Waals surface area (Å²) in [5.74, 6) is 0. The van der Waals surface area contributed by atoms with Crippen LogP contribution in [0, 0.1) is 0 Å². The molecule has 0 radical (unpaired) electrons. The zero-order valence-corrected chi connectivity index (χ0v) is 9.54.